The molecule has 3 aromatic carbocycles. The van der Waals surface area contributed by atoms with Gasteiger partial charge in [-0.1, -0.05) is 29.8 Å². The Morgan fingerprint density at radius 3 is 2.59 bits per heavy atom. The van der Waals surface area contributed by atoms with Crippen molar-refractivity contribution in [2.24, 2.45) is 5.10 Å². The second-order valence-corrected chi connectivity index (χ2v) is 7.26. The average Bonchev–Trinajstić information content (AvgIpc) is 2.78. The third-order valence-electron chi connectivity index (χ3n) is 4.31. The fraction of sp³-hybridized carbons (Fsp3) is 0.125. The summed E-state index contributed by atoms with van der Waals surface area (Å²) in [7, 11) is 1.50. The van der Waals surface area contributed by atoms with Crippen LogP contribution in [0.4, 0.5) is 5.69 Å². The molecule has 2 amide bonds. The molecule has 0 aliphatic heterocycles. The summed E-state index contributed by atoms with van der Waals surface area (Å²) in [6.45, 7) is 1.78. The van der Waals surface area contributed by atoms with Crippen molar-refractivity contribution in [1.29, 1.82) is 0 Å². The van der Waals surface area contributed by atoms with E-state index >= 15 is 0 Å². The molecule has 0 radical (unpaired) electrons. The monoisotopic (exact) mass is 451 g/mol. The standard InChI is InChI=1S/C24H22ClN3O4/c1-16-5-3-8-20(11-16)27-23(29)15-32-21-10-9-17(12-22(21)31-2)14-26-28-24(30)18-6-4-7-19(25)13-18/h3-14H,15H2,1-2H3,(H,27,29)(H,28,30)/b26-14-. The molecule has 0 saturated heterocycles. The molecule has 0 unspecified atom stereocenters. The maximum Gasteiger partial charge on any atom is 0.271 e. The predicted octanol–water partition coefficient (Wildman–Crippen LogP) is 4.44. The fourth-order valence-corrected chi connectivity index (χ4v) is 3.00. The van der Waals surface area contributed by atoms with Gasteiger partial charge in [0.25, 0.3) is 11.8 Å². The molecule has 0 bridgehead atoms. The summed E-state index contributed by atoms with van der Waals surface area (Å²) >= 11 is 5.89. The third-order valence-corrected chi connectivity index (χ3v) is 4.55. The molecular formula is C24H22ClN3O4. The predicted molar refractivity (Wildman–Crippen MR) is 125 cm³/mol. The van der Waals surface area contributed by atoms with Crippen LogP contribution in [0.25, 0.3) is 0 Å². The van der Waals surface area contributed by atoms with Crippen LogP contribution in [-0.2, 0) is 4.79 Å². The topological polar surface area (TPSA) is 89.0 Å². The first kappa shape index (κ1) is 22.8. The molecule has 2 N–H and O–H groups in total. The van der Waals surface area contributed by atoms with Crippen LogP contribution >= 0.6 is 11.6 Å². The largest absolute Gasteiger partial charge is 0.493 e. The Morgan fingerprint density at radius 2 is 1.84 bits per heavy atom. The van der Waals surface area contributed by atoms with Crippen molar-refractivity contribution in [2.45, 2.75) is 6.92 Å². The zero-order chi connectivity index (χ0) is 22.9. The van der Waals surface area contributed by atoms with Gasteiger partial charge in [-0.2, -0.15) is 5.10 Å². The maximum absolute atomic E-state index is 12.2. The Kier molecular flexibility index (Phi) is 7.83. The lowest BCUT2D eigenvalue weighted by atomic mass is 10.2. The molecule has 32 heavy (non-hydrogen) atoms. The number of hydrazone groups is 1. The molecule has 164 valence electrons. The minimum absolute atomic E-state index is 0.173. The lowest BCUT2D eigenvalue weighted by Crippen LogP contribution is -2.20. The van der Waals surface area contributed by atoms with Crippen molar-refractivity contribution in [2.75, 3.05) is 19.0 Å². The molecule has 8 heteroatoms. The van der Waals surface area contributed by atoms with Gasteiger partial charge in [-0.25, -0.2) is 5.43 Å². The highest BCUT2D eigenvalue weighted by atomic mass is 35.5. The zero-order valence-electron chi connectivity index (χ0n) is 17.6. The lowest BCUT2D eigenvalue weighted by molar-refractivity contribution is -0.118. The van der Waals surface area contributed by atoms with Crippen LogP contribution in [0.1, 0.15) is 21.5 Å². The highest BCUT2D eigenvalue weighted by Gasteiger charge is 2.09. The van der Waals surface area contributed by atoms with Crippen LogP contribution in [0, 0.1) is 6.92 Å². The van der Waals surface area contributed by atoms with Gasteiger partial charge in [0, 0.05) is 16.3 Å². The number of hydrogen-bond donors (Lipinski definition) is 2. The Bertz CT molecular complexity index is 1150. The van der Waals surface area contributed by atoms with Gasteiger partial charge in [0.2, 0.25) is 0 Å². The molecule has 0 saturated carbocycles. The first-order chi connectivity index (χ1) is 15.4. The number of amides is 2. The van der Waals surface area contributed by atoms with Gasteiger partial charge in [-0.05, 0) is 66.6 Å². The zero-order valence-corrected chi connectivity index (χ0v) is 18.3. The number of benzene rings is 3. The summed E-state index contributed by atoms with van der Waals surface area (Å²) in [5.74, 6) is 0.174. The second kappa shape index (κ2) is 11.0. The summed E-state index contributed by atoms with van der Waals surface area (Å²) < 4.78 is 10.9. The van der Waals surface area contributed by atoms with Gasteiger partial charge in [-0.3, -0.25) is 9.59 Å². The quantitative estimate of drug-likeness (QED) is 0.391. The van der Waals surface area contributed by atoms with Crippen molar-refractivity contribution in [3.63, 3.8) is 0 Å². The van der Waals surface area contributed by atoms with Gasteiger partial charge in [0.1, 0.15) is 0 Å². The van der Waals surface area contributed by atoms with Crippen LogP contribution in [0.15, 0.2) is 71.8 Å². The number of anilines is 1. The van der Waals surface area contributed by atoms with Crippen LogP contribution in [-0.4, -0.2) is 31.7 Å². The van der Waals surface area contributed by atoms with E-state index in [-0.39, 0.29) is 18.4 Å². The SMILES string of the molecule is COc1cc(/C=N\NC(=O)c2cccc(Cl)c2)ccc1OCC(=O)Nc1cccc(C)c1. The molecule has 0 aliphatic rings. The number of methoxy groups -OCH3 is 1. The maximum atomic E-state index is 12.2. The van der Waals surface area contributed by atoms with E-state index in [2.05, 4.69) is 15.8 Å². The Hall–Kier alpha value is -3.84. The van der Waals surface area contributed by atoms with Crippen molar-refractivity contribution in [3.8, 4) is 11.5 Å². The molecular weight excluding hydrogens is 430 g/mol. The van der Waals surface area contributed by atoms with Crippen LogP contribution in [0.3, 0.4) is 0 Å². The number of rotatable bonds is 8. The molecule has 0 atom stereocenters. The smallest absolute Gasteiger partial charge is 0.271 e. The second-order valence-electron chi connectivity index (χ2n) is 6.83. The number of nitrogens with one attached hydrogen (secondary N) is 2. The van der Waals surface area contributed by atoms with Crippen LogP contribution < -0.4 is 20.2 Å². The minimum atomic E-state index is -0.379. The normalized spacial score (nSPS) is 10.6. The number of halogens is 1. The summed E-state index contributed by atoms with van der Waals surface area (Å²) in [6.07, 6.45) is 1.47. The average molecular weight is 452 g/mol. The van der Waals surface area contributed by atoms with E-state index in [1.165, 1.54) is 13.3 Å². The van der Waals surface area contributed by atoms with Crippen molar-refractivity contribution in [1.82, 2.24) is 5.43 Å². The highest BCUT2D eigenvalue weighted by molar-refractivity contribution is 6.30. The fourth-order valence-electron chi connectivity index (χ4n) is 2.81. The first-order valence-electron chi connectivity index (χ1n) is 9.71. The minimum Gasteiger partial charge on any atom is -0.493 e. The molecule has 7 nitrogen and oxygen atoms in total. The number of carbonyl (C=O) groups excluding carboxylic acids is 2. The van der Waals surface area contributed by atoms with Crippen LogP contribution in [0.2, 0.25) is 5.02 Å². The lowest BCUT2D eigenvalue weighted by Gasteiger charge is -2.11. The van der Waals surface area contributed by atoms with Gasteiger partial charge >= 0.3 is 0 Å². The first-order valence-corrected chi connectivity index (χ1v) is 10.1. The summed E-state index contributed by atoms with van der Waals surface area (Å²) in [6, 6.07) is 19.1. The number of aryl methyl sites for hydroxylation is 1. The van der Waals surface area contributed by atoms with E-state index in [0.717, 1.165) is 5.56 Å². The van der Waals surface area contributed by atoms with E-state index in [4.69, 9.17) is 21.1 Å². The molecule has 0 fully saturated rings. The number of carbonyl (C=O) groups is 2. The molecule has 3 aromatic rings. The summed E-state index contributed by atoms with van der Waals surface area (Å²) in [5, 5.41) is 7.20. The molecule has 3 rings (SSSR count). The summed E-state index contributed by atoms with van der Waals surface area (Å²) in [5.41, 5.74) is 5.27. The molecule has 0 aliphatic carbocycles. The van der Waals surface area contributed by atoms with Crippen LogP contribution in [0.5, 0.6) is 11.5 Å². The van der Waals surface area contributed by atoms with Gasteiger partial charge in [0.15, 0.2) is 18.1 Å². The van der Waals surface area contributed by atoms with Crippen molar-refractivity contribution < 1.29 is 19.1 Å². The highest BCUT2D eigenvalue weighted by Crippen LogP contribution is 2.27. The molecule has 0 spiro atoms. The van der Waals surface area contributed by atoms with Crippen molar-refractivity contribution >= 4 is 35.3 Å². The number of nitrogens with zero attached hydrogens (tertiary/aromatic N) is 1. The van der Waals surface area contributed by atoms with E-state index in [1.54, 1.807) is 42.5 Å². The van der Waals surface area contributed by atoms with Gasteiger partial charge in [0.05, 0.1) is 13.3 Å². The number of ether oxygens (including phenoxy) is 2. The summed E-state index contributed by atoms with van der Waals surface area (Å²) in [4.78, 5) is 24.3. The van der Waals surface area contributed by atoms with Gasteiger partial charge in [-0.15, -0.1) is 0 Å². The van der Waals surface area contributed by atoms with E-state index in [0.29, 0.717) is 33.3 Å². The molecule has 0 aromatic heterocycles. The van der Waals surface area contributed by atoms with E-state index in [1.807, 2.05) is 31.2 Å². The van der Waals surface area contributed by atoms with E-state index in [9.17, 15) is 9.59 Å². The number of hydrogen-bond acceptors (Lipinski definition) is 5. The van der Waals surface area contributed by atoms with Gasteiger partial charge < -0.3 is 14.8 Å². The Labute approximate surface area is 191 Å². The Balaban J connectivity index is 1.57. The Morgan fingerprint density at radius 1 is 1.03 bits per heavy atom. The van der Waals surface area contributed by atoms with E-state index < -0.39 is 0 Å². The third kappa shape index (κ3) is 6.58. The molecule has 0 heterocycles. The van der Waals surface area contributed by atoms with Crippen molar-refractivity contribution in [3.05, 3.63) is 88.4 Å².